The van der Waals surface area contributed by atoms with E-state index in [4.69, 9.17) is 0 Å². The van der Waals surface area contributed by atoms with E-state index < -0.39 is 0 Å². The number of nitrogens with one attached hydrogen (secondary N) is 3. The molecule has 0 radical (unpaired) electrons. The molecule has 1 fully saturated rings. The summed E-state index contributed by atoms with van der Waals surface area (Å²) in [5.41, 5.74) is 2.41. The van der Waals surface area contributed by atoms with Gasteiger partial charge in [0.1, 0.15) is 4.88 Å². The van der Waals surface area contributed by atoms with E-state index in [-0.39, 0.29) is 11.9 Å². The van der Waals surface area contributed by atoms with Gasteiger partial charge >= 0.3 is 6.03 Å². The minimum atomic E-state index is -0.372. The van der Waals surface area contributed by atoms with Crippen LogP contribution < -0.4 is 16.0 Å². The first-order valence-electron chi connectivity index (χ1n) is 9.41. The van der Waals surface area contributed by atoms with Crippen LogP contribution in [0.3, 0.4) is 0 Å². The van der Waals surface area contributed by atoms with Crippen molar-refractivity contribution >= 4 is 34.1 Å². The van der Waals surface area contributed by atoms with Crippen LogP contribution in [0.2, 0.25) is 0 Å². The van der Waals surface area contributed by atoms with Gasteiger partial charge in [-0.25, -0.2) is 9.78 Å². The van der Waals surface area contributed by atoms with Crippen LogP contribution >= 0.6 is 11.3 Å². The van der Waals surface area contributed by atoms with Crippen molar-refractivity contribution in [3.63, 3.8) is 0 Å². The summed E-state index contributed by atoms with van der Waals surface area (Å²) in [5, 5.41) is 8.92. The molecule has 1 saturated carbocycles. The summed E-state index contributed by atoms with van der Waals surface area (Å²) in [7, 11) is 0. The fourth-order valence-electron chi connectivity index (χ4n) is 3.35. The number of amides is 3. The number of urea groups is 1. The van der Waals surface area contributed by atoms with Crippen LogP contribution in [0, 0.1) is 19.8 Å². The van der Waals surface area contributed by atoms with Crippen LogP contribution in [-0.4, -0.2) is 23.5 Å². The molecule has 144 valence electrons. The highest BCUT2D eigenvalue weighted by atomic mass is 32.1. The number of thiazole rings is 1. The average molecular weight is 387 g/mol. The minimum Gasteiger partial charge on any atom is -0.351 e. The van der Waals surface area contributed by atoms with Gasteiger partial charge < -0.3 is 10.6 Å². The van der Waals surface area contributed by atoms with Crippen molar-refractivity contribution in [1.29, 1.82) is 0 Å². The summed E-state index contributed by atoms with van der Waals surface area (Å²) in [6.07, 6.45) is 6.19. The van der Waals surface area contributed by atoms with Gasteiger partial charge in [0.05, 0.1) is 5.69 Å². The molecular weight excluding hydrogens is 360 g/mol. The lowest BCUT2D eigenvalue weighted by Crippen LogP contribution is -2.30. The summed E-state index contributed by atoms with van der Waals surface area (Å²) in [6, 6.07) is 7.18. The Bertz CT molecular complexity index is 812. The van der Waals surface area contributed by atoms with Gasteiger partial charge in [-0.05, 0) is 50.3 Å². The van der Waals surface area contributed by atoms with Gasteiger partial charge in [0.2, 0.25) is 0 Å². The molecule has 0 unspecified atom stereocenters. The molecule has 0 aliphatic heterocycles. The molecule has 6 nitrogen and oxygen atoms in total. The zero-order valence-electron chi connectivity index (χ0n) is 15.8. The molecule has 0 bridgehead atoms. The first-order valence-corrected chi connectivity index (χ1v) is 10.2. The van der Waals surface area contributed by atoms with E-state index in [1.165, 1.54) is 43.4 Å². The van der Waals surface area contributed by atoms with Crippen molar-refractivity contribution in [3.8, 4) is 0 Å². The maximum absolute atomic E-state index is 12.5. The van der Waals surface area contributed by atoms with Gasteiger partial charge in [0.25, 0.3) is 5.91 Å². The molecule has 3 amide bonds. The quantitative estimate of drug-likeness (QED) is 0.695. The lowest BCUT2D eigenvalue weighted by Gasteiger charge is -2.21. The Hall–Kier alpha value is -2.41. The number of rotatable bonds is 5. The third kappa shape index (κ3) is 5.53. The molecule has 1 aromatic heterocycles. The van der Waals surface area contributed by atoms with Gasteiger partial charge in [0, 0.05) is 12.2 Å². The van der Waals surface area contributed by atoms with Crippen LogP contribution in [0.1, 0.15) is 53.0 Å². The second-order valence-corrected chi connectivity index (χ2v) is 8.10. The Kier molecular flexibility index (Phi) is 6.45. The molecule has 1 heterocycles. The Morgan fingerprint density at radius 1 is 1.15 bits per heavy atom. The van der Waals surface area contributed by atoms with E-state index >= 15 is 0 Å². The van der Waals surface area contributed by atoms with Crippen LogP contribution in [0.5, 0.6) is 0 Å². The average Bonchev–Trinajstić information content (AvgIpc) is 3.00. The van der Waals surface area contributed by atoms with Crippen molar-refractivity contribution in [2.45, 2.75) is 46.0 Å². The van der Waals surface area contributed by atoms with Crippen LogP contribution in [-0.2, 0) is 0 Å². The van der Waals surface area contributed by atoms with Crippen molar-refractivity contribution in [2.24, 2.45) is 5.92 Å². The second kappa shape index (κ2) is 8.99. The smallest absolute Gasteiger partial charge is 0.325 e. The lowest BCUT2D eigenvalue weighted by atomic mass is 9.89. The predicted molar refractivity (Wildman–Crippen MR) is 110 cm³/mol. The van der Waals surface area contributed by atoms with Gasteiger partial charge in [0.15, 0.2) is 5.13 Å². The number of nitrogens with zero attached hydrogens (tertiary/aromatic N) is 1. The fourth-order valence-corrected chi connectivity index (χ4v) is 4.23. The van der Waals surface area contributed by atoms with E-state index in [2.05, 4.69) is 20.9 Å². The summed E-state index contributed by atoms with van der Waals surface area (Å²) in [4.78, 5) is 29.5. The number of hydrogen-bond acceptors (Lipinski definition) is 4. The third-order valence-electron chi connectivity index (χ3n) is 4.78. The molecule has 2 aromatic rings. The molecule has 3 N–H and O–H groups in total. The Labute approximate surface area is 163 Å². The molecule has 1 aliphatic rings. The van der Waals surface area contributed by atoms with E-state index in [9.17, 15) is 9.59 Å². The lowest BCUT2D eigenvalue weighted by molar-refractivity contribution is 0.0947. The summed E-state index contributed by atoms with van der Waals surface area (Å²) < 4.78 is 0. The molecule has 1 aliphatic carbocycles. The van der Waals surface area contributed by atoms with Crippen molar-refractivity contribution in [1.82, 2.24) is 10.3 Å². The van der Waals surface area contributed by atoms with Crippen molar-refractivity contribution in [3.05, 3.63) is 40.4 Å². The molecule has 27 heavy (non-hydrogen) atoms. The number of aromatic nitrogens is 1. The Balaban J connectivity index is 1.55. The topological polar surface area (TPSA) is 83.1 Å². The first-order chi connectivity index (χ1) is 13.0. The van der Waals surface area contributed by atoms with E-state index in [1.54, 1.807) is 6.92 Å². The zero-order valence-corrected chi connectivity index (χ0v) is 16.6. The highest BCUT2D eigenvalue weighted by Crippen LogP contribution is 2.25. The summed E-state index contributed by atoms with van der Waals surface area (Å²) in [6.45, 7) is 4.47. The van der Waals surface area contributed by atoms with E-state index in [0.717, 1.165) is 5.56 Å². The summed E-state index contributed by atoms with van der Waals surface area (Å²) >= 11 is 1.20. The highest BCUT2D eigenvalue weighted by Gasteiger charge is 2.19. The first kappa shape index (κ1) is 19.4. The normalized spacial score (nSPS) is 14.6. The predicted octanol–water partition coefficient (Wildman–Crippen LogP) is 4.71. The monoisotopic (exact) mass is 386 g/mol. The Morgan fingerprint density at radius 3 is 2.67 bits per heavy atom. The van der Waals surface area contributed by atoms with E-state index in [1.807, 2.05) is 31.2 Å². The third-order valence-corrected chi connectivity index (χ3v) is 5.85. The zero-order chi connectivity index (χ0) is 19.2. The second-order valence-electron chi connectivity index (χ2n) is 7.10. The molecule has 0 spiro atoms. The number of hydrogen-bond donors (Lipinski definition) is 3. The minimum absolute atomic E-state index is 0.109. The van der Waals surface area contributed by atoms with Crippen molar-refractivity contribution in [2.75, 3.05) is 17.2 Å². The van der Waals surface area contributed by atoms with Gasteiger partial charge in [-0.3, -0.25) is 10.1 Å². The van der Waals surface area contributed by atoms with Gasteiger partial charge in [-0.2, -0.15) is 0 Å². The summed E-state index contributed by atoms with van der Waals surface area (Å²) in [5.74, 6) is 0.469. The number of anilines is 2. The number of benzene rings is 1. The fraction of sp³-hybridized carbons (Fsp3) is 0.450. The van der Waals surface area contributed by atoms with Crippen LogP contribution in [0.4, 0.5) is 15.6 Å². The number of carbonyl (C=O) groups excluding carboxylic acids is 2. The Morgan fingerprint density at radius 2 is 1.93 bits per heavy atom. The largest absolute Gasteiger partial charge is 0.351 e. The van der Waals surface area contributed by atoms with Crippen LogP contribution in [0.25, 0.3) is 0 Å². The molecular formula is C20H26N4O2S. The molecule has 0 atom stereocenters. The number of aryl methyl sites for hydroxylation is 2. The SMILES string of the molecule is Cc1cccc(NC(=O)Nc2nc(C)c(C(=O)NCC3CCCCC3)s2)c1. The number of carbonyl (C=O) groups is 2. The maximum Gasteiger partial charge on any atom is 0.325 e. The molecule has 0 saturated heterocycles. The standard InChI is InChI=1S/C20H26N4O2S/c1-13-7-6-10-16(11-13)23-19(26)24-20-22-14(2)17(27-20)18(25)21-12-15-8-4-3-5-9-15/h6-7,10-11,15H,3-5,8-9,12H2,1-2H3,(H,21,25)(H2,22,23,24,26). The maximum atomic E-state index is 12.5. The van der Waals surface area contributed by atoms with Crippen LogP contribution in [0.15, 0.2) is 24.3 Å². The molecule has 3 rings (SSSR count). The van der Waals surface area contributed by atoms with Gasteiger partial charge in [-0.15, -0.1) is 0 Å². The van der Waals surface area contributed by atoms with Crippen molar-refractivity contribution < 1.29 is 9.59 Å². The van der Waals surface area contributed by atoms with Gasteiger partial charge in [-0.1, -0.05) is 42.7 Å². The van der Waals surface area contributed by atoms with E-state index in [0.29, 0.717) is 33.9 Å². The highest BCUT2D eigenvalue weighted by molar-refractivity contribution is 7.17. The molecule has 7 heteroatoms. The molecule has 1 aromatic carbocycles.